The molecule has 3 heterocycles. The predicted octanol–water partition coefficient (Wildman–Crippen LogP) is 5.52. The van der Waals surface area contributed by atoms with E-state index in [1.165, 1.54) is 4.90 Å². The van der Waals surface area contributed by atoms with Gasteiger partial charge < -0.3 is 9.15 Å². The fourth-order valence-electron chi connectivity index (χ4n) is 4.45. The zero-order chi connectivity index (χ0) is 23.8. The van der Waals surface area contributed by atoms with Crippen LogP contribution in [-0.2, 0) is 6.61 Å². The number of fused-ring (bicyclic) bond motifs is 2. The van der Waals surface area contributed by atoms with Crippen molar-refractivity contribution in [3.8, 4) is 5.75 Å². The normalized spacial score (nSPS) is 14.8. The number of aromatic nitrogens is 1. The molecule has 0 N–H and O–H groups in total. The van der Waals surface area contributed by atoms with Gasteiger partial charge in [-0.3, -0.25) is 14.5 Å². The van der Waals surface area contributed by atoms with Crippen molar-refractivity contribution in [3.05, 3.63) is 136 Å². The molecule has 0 unspecified atom stereocenters. The maximum Gasteiger partial charge on any atom is 0.296 e. The van der Waals surface area contributed by atoms with Crippen LogP contribution in [0, 0.1) is 0 Å². The highest BCUT2D eigenvalue weighted by Crippen LogP contribution is 2.40. The summed E-state index contributed by atoms with van der Waals surface area (Å²) < 4.78 is 11.9. The molecular weight excluding hydrogens is 440 g/mol. The molecule has 0 aliphatic carbocycles. The highest BCUT2D eigenvalue weighted by molar-refractivity contribution is 6.10. The fraction of sp³-hybridized carbons (Fsp3) is 0.0690. The van der Waals surface area contributed by atoms with Gasteiger partial charge in [0.1, 0.15) is 23.8 Å². The van der Waals surface area contributed by atoms with E-state index < -0.39 is 11.9 Å². The van der Waals surface area contributed by atoms with Gasteiger partial charge in [-0.2, -0.15) is 0 Å². The lowest BCUT2D eigenvalue weighted by Crippen LogP contribution is -2.30. The third kappa shape index (κ3) is 3.65. The zero-order valence-electron chi connectivity index (χ0n) is 18.6. The van der Waals surface area contributed by atoms with E-state index in [-0.39, 0.29) is 11.2 Å². The van der Waals surface area contributed by atoms with Crippen LogP contribution in [-0.4, -0.2) is 10.9 Å². The van der Waals surface area contributed by atoms with Crippen molar-refractivity contribution in [3.63, 3.8) is 0 Å². The van der Waals surface area contributed by atoms with E-state index in [9.17, 15) is 9.59 Å². The molecule has 1 atom stereocenters. The molecule has 6 heteroatoms. The summed E-state index contributed by atoms with van der Waals surface area (Å²) in [6.07, 6.45) is 1.62. The number of nitrogens with zero attached hydrogens (tertiary/aromatic N) is 2. The zero-order valence-corrected chi connectivity index (χ0v) is 18.6. The van der Waals surface area contributed by atoms with Gasteiger partial charge >= 0.3 is 0 Å². The third-order valence-electron chi connectivity index (χ3n) is 6.12. The molecule has 0 radical (unpaired) electrons. The van der Waals surface area contributed by atoms with E-state index in [1.807, 2.05) is 60.7 Å². The Morgan fingerprint density at radius 2 is 1.57 bits per heavy atom. The molecule has 0 spiro atoms. The van der Waals surface area contributed by atoms with Gasteiger partial charge in [-0.15, -0.1) is 0 Å². The highest BCUT2D eigenvalue weighted by Gasteiger charge is 2.44. The standard InChI is InChI=1S/C29H20N2O4/c32-27-22-10-4-5-11-23(22)35-28-25(27)26(31(29(28)33)24-12-6-7-17-30-24)20-13-15-21(16-14-20)34-18-19-8-2-1-3-9-19/h1-17,26H,18H2/t26-/m0/s1. The summed E-state index contributed by atoms with van der Waals surface area (Å²) in [5, 5.41) is 0.440. The lowest BCUT2D eigenvalue weighted by Gasteiger charge is -2.24. The predicted molar refractivity (Wildman–Crippen MR) is 133 cm³/mol. The largest absolute Gasteiger partial charge is 0.489 e. The molecule has 5 aromatic rings. The summed E-state index contributed by atoms with van der Waals surface area (Å²) in [5.74, 6) is 0.795. The Morgan fingerprint density at radius 3 is 2.34 bits per heavy atom. The molecule has 170 valence electrons. The van der Waals surface area contributed by atoms with Crippen LogP contribution in [0.3, 0.4) is 0 Å². The lowest BCUT2D eigenvalue weighted by atomic mass is 9.98. The molecule has 1 aliphatic heterocycles. The first-order valence-electron chi connectivity index (χ1n) is 11.3. The van der Waals surface area contributed by atoms with Crippen molar-refractivity contribution in [1.29, 1.82) is 0 Å². The molecule has 2 aromatic heterocycles. The second kappa shape index (κ2) is 8.57. The smallest absolute Gasteiger partial charge is 0.296 e. The van der Waals surface area contributed by atoms with Crippen LogP contribution in [0.4, 0.5) is 5.82 Å². The van der Waals surface area contributed by atoms with E-state index in [0.717, 1.165) is 11.1 Å². The number of ether oxygens (including phenoxy) is 1. The number of benzene rings is 3. The quantitative estimate of drug-likeness (QED) is 0.345. The van der Waals surface area contributed by atoms with Crippen LogP contribution >= 0.6 is 0 Å². The first-order chi connectivity index (χ1) is 17.2. The molecule has 6 nitrogen and oxygen atoms in total. The van der Waals surface area contributed by atoms with E-state index >= 15 is 0 Å². The summed E-state index contributed by atoms with van der Waals surface area (Å²) in [6, 6.07) is 29.0. The summed E-state index contributed by atoms with van der Waals surface area (Å²) >= 11 is 0. The van der Waals surface area contributed by atoms with Crippen LogP contribution < -0.4 is 15.1 Å². The monoisotopic (exact) mass is 460 g/mol. The average molecular weight is 460 g/mol. The number of anilines is 1. The lowest BCUT2D eigenvalue weighted by molar-refractivity contribution is 0.0970. The third-order valence-corrected chi connectivity index (χ3v) is 6.12. The van der Waals surface area contributed by atoms with Gasteiger partial charge in [0.05, 0.1) is 17.0 Å². The topological polar surface area (TPSA) is 72.6 Å². The van der Waals surface area contributed by atoms with Crippen LogP contribution in [0.25, 0.3) is 11.0 Å². The van der Waals surface area contributed by atoms with Gasteiger partial charge in [-0.25, -0.2) is 4.98 Å². The number of hydrogen-bond acceptors (Lipinski definition) is 5. The molecule has 1 amide bonds. The Hall–Kier alpha value is -4.71. The molecule has 3 aromatic carbocycles. The summed E-state index contributed by atoms with van der Waals surface area (Å²) in [6.45, 7) is 0.445. The van der Waals surface area contributed by atoms with Gasteiger partial charge in [0.15, 0.2) is 5.43 Å². The Morgan fingerprint density at radius 1 is 0.829 bits per heavy atom. The average Bonchev–Trinajstić information content (AvgIpc) is 3.21. The maximum absolute atomic E-state index is 13.6. The van der Waals surface area contributed by atoms with Crippen molar-refractivity contribution in [2.75, 3.05) is 4.90 Å². The molecule has 0 fully saturated rings. The number of carbonyl (C=O) groups is 1. The number of hydrogen-bond donors (Lipinski definition) is 0. The summed E-state index contributed by atoms with van der Waals surface area (Å²) in [7, 11) is 0. The van der Waals surface area contributed by atoms with Crippen molar-refractivity contribution in [2.45, 2.75) is 12.6 Å². The Labute approximate surface area is 201 Å². The maximum atomic E-state index is 13.6. The van der Waals surface area contributed by atoms with Crippen molar-refractivity contribution >= 4 is 22.7 Å². The molecule has 0 saturated carbocycles. The van der Waals surface area contributed by atoms with E-state index in [4.69, 9.17) is 9.15 Å². The number of amides is 1. The minimum Gasteiger partial charge on any atom is -0.489 e. The van der Waals surface area contributed by atoms with Crippen molar-refractivity contribution < 1.29 is 13.9 Å². The Kier molecular flexibility index (Phi) is 5.11. The fourth-order valence-corrected chi connectivity index (χ4v) is 4.45. The molecule has 0 bridgehead atoms. The van der Waals surface area contributed by atoms with Crippen molar-refractivity contribution in [1.82, 2.24) is 4.98 Å². The van der Waals surface area contributed by atoms with Crippen LogP contribution in [0.2, 0.25) is 0 Å². The van der Waals surface area contributed by atoms with E-state index in [2.05, 4.69) is 4.98 Å². The number of carbonyl (C=O) groups excluding carboxylic acids is 1. The van der Waals surface area contributed by atoms with Gasteiger partial charge in [-0.1, -0.05) is 60.7 Å². The first kappa shape index (κ1) is 20.9. The summed E-state index contributed by atoms with van der Waals surface area (Å²) in [5.41, 5.74) is 2.31. The minimum atomic E-state index is -0.670. The number of pyridine rings is 1. The van der Waals surface area contributed by atoms with Gasteiger partial charge in [0, 0.05) is 6.20 Å². The highest BCUT2D eigenvalue weighted by atomic mass is 16.5. The molecular formula is C29H20N2O4. The number of para-hydroxylation sites is 1. The van der Waals surface area contributed by atoms with Gasteiger partial charge in [-0.05, 0) is 47.5 Å². The molecule has 0 saturated heterocycles. The molecule has 1 aliphatic rings. The van der Waals surface area contributed by atoms with Gasteiger partial charge in [0.2, 0.25) is 5.76 Å². The minimum absolute atomic E-state index is 0.0498. The van der Waals surface area contributed by atoms with Crippen molar-refractivity contribution in [2.24, 2.45) is 0 Å². The second-order valence-electron chi connectivity index (χ2n) is 8.28. The summed E-state index contributed by atoms with van der Waals surface area (Å²) in [4.78, 5) is 33.0. The SMILES string of the molecule is O=C1c2oc3ccccc3c(=O)c2[C@H](c2ccc(OCc3ccccc3)cc2)N1c1ccccn1. The van der Waals surface area contributed by atoms with Crippen LogP contribution in [0.1, 0.15) is 33.3 Å². The Balaban J connectivity index is 1.43. The second-order valence-corrected chi connectivity index (χ2v) is 8.28. The van der Waals surface area contributed by atoms with E-state index in [0.29, 0.717) is 34.7 Å². The van der Waals surface area contributed by atoms with Gasteiger partial charge in [0.25, 0.3) is 5.91 Å². The first-order valence-corrected chi connectivity index (χ1v) is 11.3. The molecule has 6 rings (SSSR count). The molecule has 35 heavy (non-hydrogen) atoms. The van der Waals surface area contributed by atoms with Crippen LogP contribution in [0.15, 0.2) is 112 Å². The van der Waals surface area contributed by atoms with E-state index in [1.54, 1.807) is 42.6 Å². The Bertz CT molecular complexity index is 1580. The number of rotatable bonds is 5. The van der Waals surface area contributed by atoms with Crippen LogP contribution in [0.5, 0.6) is 5.75 Å².